The van der Waals surface area contributed by atoms with Crippen molar-refractivity contribution in [1.82, 2.24) is 0 Å². The molecule has 4 aromatic rings. The van der Waals surface area contributed by atoms with Crippen LogP contribution in [0, 0.1) is 17.5 Å². The molecule has 0 bridgehead atoms. The predicted molar refractivity (Wildman–Crippen MR) is 124 cm³/mol. The van der Waals surface area contributed by atoms with Crippen LogP contribution in [-0.4, -0.2) is 0 Å². The van der Waals surface area contributed by atoms with E-state index in [4.69, 9.17) is 0 Å². The summed E-state index contributed by atoms with van der Waals surface area (Å²) in [7, 11) is 0. The molecule has 0 aliphatic heterocycles. The average molecular weight is 431 g/mol. The van der Waals surface area contributed by atoms with E-state index in [1.165, 1.54) is 16.7 Å². The van der Waals surface area contributed by atoms with E-state index in [1.807, 2.05) is 30.3 Å². The maximum absolute atomic E-state index is 13.5. The van der Waals surface area contributed by atoms with Gasteiger partial charge in [0.25, 0.3) is 0 Å². The molecular formula is C29H25F3. The molecule has 0 unspecified atom stereocenters. The Kier molecular flexibility index (Phi) is 6.75. The smallest absolute Gasteiger partial charge is 0.194 e. The van der Waals surface area contributed by atoms with Crippen LogP contribution >= 0.6 is 0 Å². The molecule has 0 heterocycles. The number of rotatable bonds is 7. The van der Waals surface area contributed by atoms with Crippen molar-refractivity contribution in [2.24, 2.45) is 0 Å². The van der Waals surface area contributed by atoms with Crippen molar-refractivity contribution in [1.29, 1.82) is 0 Å². The van der Waals surface area contributed by atoms with Crippen LogP contribution in [0.25, 0.3) is 11.1 Å². The highest BCUT2D eigenvalue weighted by Gasteiger charge is 2.11. The highest BCUT2D eigenvalue weighted by atomic mass is 19.2. The van der Waals surface area contributed by atoms with E-state index in [0.29, 0.717) is 17.0 Å². The third-order valence-corrected chi connectivity index (χ3v) is 5.91. The molecule has 0 amide bonds. The molecule has 0 aromatic heterocycles. The van der Waals surface area contributed by atoms with Crippen LogP contribution < -0.4 is 0 Å². The van der Waals surface area contributed by atoms with Gasteiger partial charge in [0.2, 0.25) is 0 Å². The van der Waals surface area contributed by atoms with Gasteiger partial charge < -0.3 is 0 Å². The fourth-order valence-corrected chi connectivity index (χ4v) is 3.97. The van der Waals surface area contributed by atoms with Gasteiger partial charge in [-0.05, 0) is 70.7 Å². The molecule has 32 heavy (non-hydrogen) atoms. The number of hydrogen-bond donors (Lipinski definition) is 0. The van der Waals surface area contributed by atoms with Crippen LogP contribution in [0.5, 0.6) is 0 Å². The third kappa shape index (κ3) is 5.28. The molecule has 0 radical (unpaired) electrons. The minimum absolute atomic E-state index is 0.327. The summed E-state index contributed by atoms with van der Waals surface area (Å²) in [6.45, 7) is 2.25. The van der Waals surface area contributed by atoms with Gasteiger partial charge in [-0.3, -0.25) is 0 Å². The Bertz CT molecular complexity index is 1140. The largest absolute Gasteiger partial charge is 0.204 e. The molecule has 1 atom stereocenters. The zero-order valence-corrected chi connectivity index (χ0v) is 18.0. The Balaban J connectivity index is 1.35. The molecule has 4 rings (SSSR count). The van der Waals surface area contributed by atoms with Crippen molar-refractivity contribution in [3.8, 4) is 11.1 Å². The normalized spacial score (nSPS) is 12.0. The van der Waals surface area contributed by atoms with Gasteiger partial charge in [-0.15, -0.1) is 0 Å². The number of aryl methyl sites for hydroxylation is 2. The second kappa shape index (κ2) is 9.86. The summed E-state index contributed by atoms with van der Waals surface area (Å²) >= 11 is 0. The molecule has 0 aliphatic rings. The quantitative estimate of drug-likeness (QED) is 0.261. The summed E-state index contributed by atoms with van der Waals surface area (Å²) in [4.78, 5) is 0. The molecule has 0 spiro atoms. The van der Waals surface area contributed by atoms with E-state index in [2.05, 4.69) is 55.5 Å². The number of benzene rings is 4. The van der Waals surface area contributed by atoms with Crippen molar-refractivity contribution >= 4 is 0 Å². The molecule has 0 saturated heterocycles. The van der Waals surface area contributed by atoms with Crippen molar-refractivity contribution in [3.63, 3.8) is 0 Å². The van der Waals surface area contributed by atoms with E-state index in [1.54, 1.807) is 0 Å². The molecule has 0 N–H and O–H groups in total. The minimum atomic E-state index is -1.44. The van der Waals surface area contributed by atoms with E-state index in [-0.39, 0.29) is 0 Å². The summed E-state index contributed by atoms with van der Waals surface area (Å²) in [5.74, 6) is -3.31. The molecule has 3 heteroatoms. The summed E-state index contributed by atoms with van der Waals surface area (Å²) in [6.07, 6.45) is 2.79. The van der Waals surface area contributed by atoms with E-state index >= 15 is 0 Å². The van der Waals surface area contributed by atoms with Crippen molar-refractivity contribution in [2.75, 3.05) is 0 Å². The zero-order valence-electron chi connectivity index (χ0n) is 18.0. The SMILES string of the molecule is C[C@@H](Cc1ccc(CCc2ccc(-c3cc(F)c(F)c(F)c3)cc2)cc1)c1ccccc1. The van der Waals surface area contributed by atoms with Crippen LogP contribution in [0.1, 0.15) is 35.1 Å². The standard InChI is InChI=1S/C29H25F3/c1-20(24-5-3-2-4-6-24)17-23-11-9-21(10-12-23)7-8-22-13-15-25(16-14-22)26-18-27(30)29(32)28(31)19-26/h2-6,9-16,18-20H,7-8,17H2,1H3/t20-/m0/s1. The van der Waals surface area contributed by atoms with Gasteiger partial charge in [0, 0.05) is 0 Å². The first-order valence-corrected chi connectivity index (χ1v) is 10.9. The highest BCUT2D eigenvalue weighted by molar-refractivity contribution is 5.64. The van der Waals surface area contributed by atoms with Gasteiger partial charge in [-0.25, -0.2) is 13.2 Å². The van der Waals surface area contributed by atoms with Crippen LogP contribution in [0.4, 0.5) is 13.2 Å². The molecule has 162 valence electrons. The summed E-state index contributed by atoms with van der Waals surface area (Å²) in [5, 5.41) is 0. The molecule has 4 aromatic carbocycles. The zero-order chi connectivity index (χ0) is 22.5. The molecular weight excluding hydrogens is 405 g/mol. The van der Waals surface area contributed by atoms with Crippen LogP contribution in [0.15, 0.2) is 91.0 Å². The van der Waals surface area contributed by atoms with Gasteiger partial charge in [-0.1, -0.05) is 85.8 Å². The fraction of sp³-hybridized carbons (Fsp3) is 0.172. The Labute approximate surface area is 187 Å². The first kappa shape index (κ1) is 21.9. The minimum Gasteiger partial charge on any atom is -0.204 e. The topological polar surface area (TPSA) is 0 Å². The van der Waals surface area contributed by atoms with Crippen molar-refractivity contribution < 1.29 is 13.2 Å². The Hall–Kier alpha value is -3.33. The lowest BCUT2D eigenvalue weighted by Gasteiger charge is -2.12. The lowest BCUT2D eigenvalue weighted by Crippen LogP contribution is -1.99. The maximum atomic E-state index is 13.5. The van der Waals surface area contributed by atoms with Crippen molar-refractivity contribution in [3.05, 3.63) is 131 Å². The van der Waals surface area contributed by atoms with Crippen molar-refractivity contribution in [2.45, 2.75) is 32.1 Å². The Morgan fingerprint density at radius 1 is 0.594 bits per heavy atom. The molecule has 0 saturated carbocycles. The number of halogens is 3. The highest BCUT2D eigenvalue weighted by Crippen LogP contribution is 2.25. The second-order valence-corrected chi connectivity index (χ2v) is 8.28. The first-order valence-electron chi connectivity index (χ1n) is 10.9. The molecule has 0 nitrogen and oxygen atoms in total. The van der Waals surface area contributed by atoms with Crippen LogP contribution in [0.3, 0.4) is 0 Å². The lowest BCUT2D eigenvalue weighted by molar-refractivity contribution is 0.448. The Morgan fingerprint density at radius 3 is 1.66 bits per heavy atom. The fourth-order valence-electron chi connectivity index (χ4n) is 3.97. The van der Waals surface area contributed by atoms with E-state index in [0.717, 1.165) is 37.0 Å². The predicted octanol–water partition coefficient (Wildman–Crippen LogP) is 7.90. The third-order valence-electron chi connectivity index (χ3n) is 5.91. The number of hydrogen-bond acceptors (Lipinski definition) is 0. The summed E-state index contributed by atoms with van der Waals surface area (Å²) in [6, 6.07) is 28.9. The van der Waals surface area contributed by atoms with E-state index in [9.17, 15) is 13.2 Å². The maximum Gasteiger partial charge on any atom is 0.194 e. The van der Waals surface area contributed by atoms with Gasteiger partial charge in [-0.2, -0.15) is 0 Å². The van der Waals surface area contributed by atoms with Gasteiger partial charge in [0.1, 0.15) is 0 Å². The van der Waals surface area contributed by atoms with Gasteiger partial charge in [0.05, 0.1) is 0 Å². The summed E-state index contributed by atoms with van der Waals surface area (Å²) in [5.41, 5.74) is 6.07. The van der Waals surface area contributed by atoms with Gasteiger partial charge in [0.15, 0.2) is 17.5 Å². The molecule has 0 aliphatic carbocycles. The van der Waals surface area contributed by atoms with Gasteiger partial charge >= 0.3 is 0 Å². The summed E-state index contributed by atoms with van der Waals surface area (Å²) < 4.78 is 40.1. The van der Waals surface area contributed by atoms with E-state index < -0.39 is 17.5 Å². The van der Waals surface area contributed by atoms with Crippen LogP contribution in [-0.2, 0) is 19.3 Å². The first-order chi connectivity index (χ1) is 15.5. The molecule has 0 fully saturated rings. The second-order valence-electron chi connectivity index (χ2n) is 8.28. The van der Waals surface area contributed by atoms with Crippen LogP contribution in [0.2, 0.25) is 0 Å². The lowest BCUT2D eigenvalue weighted by atomic mass is 9.93. The Morgan fingerprint density at radius 2 is 1.09 bits per heavy atom. The average Bonchev–Trinajstić information content (AvgIpc) is 2.82. The monoisotopic (exact) mass is 430 g/mol.